The van der Waals surface area contributed by atoms with Crippen molar-refractivity contribution in [3.05, 3.63) is 107 Å². The summed E-state index contributed by atoms with van der Waals surface area (Å²) in [5.74, 6) is 0. The van der Waals surface area contributed by atoms with Crippen LogP contribution in [0.5, 0.6) is 0 Å². The quantitative estimate of drug-likeness (QED) is 0.488. The molecule has 0 bridgehead atoms. The number of aliphatic imine (C=N–C) groups is 2. The van der Waals surface area contributed by atoms with Crippen molar-refractivity contribution in [2.75, 3.05) is 0 Å². The van der Waals surface area contributed by atoms with Gasteiger partial charge in [0.25, 0.3) is 0 Å². The predicted octanol–water partition coefficient (Wildman–Crippen LogP) is 6.05. The highest BCUT2D eigenvalue weighted by atomic mass is 14.8. The van der Waals surface area contributed by atoms with Gasteiger partial charge in [-0.05, 0) is 42.2 Å². The first kappa shape index (κ1) is 17.8. The maximum atomic E-state index is 4.68. The first-order valence-corrected chi connectivity index (χ1v) is 8.98. The molecule has 0 saturated heterocycles. The summed E-state index contributed by atoms with van der Waals surface area (Å²) in [6, 6.07) is 29.3. The molecule has 0 aliphatic rings. The van der Waals surface area contributed by atoms with Gasteiger partial charge in [0.05, 0.1) is 12.1 Å². The van der Waals surface area contributed by atoms with E-state index in [4.69, 9.17) is 0 Å². The van der Waals surface area contributed by atoms with Crippen molar-refractivity contribution in [2.45, 2.75) is 25.9 Å². The van der Waals surface area contributed by atoms with Crippen LogP contribution in [0.2, 0.25) is 0 Å². The Kier molecular flexibility index (Phi) is 6.10. The van der Waals surface area contributed by atoms with Crippen LogP contribution in [0.4, 0.5) is 0 Å². The number of hydrogen-bond acceptors (Lipinski definition) is 2. The number of benzene rings is 3. The molecular formula is C24H24N2. The van der Waals surface area contributed by atoms with Crippen LogP contribution in [0.1, 0.15) is 48.2 Å². The van der Waals surface area contributed by atoms with Crippen LogP contribution >= 0.6 is 0 Å². The zero-order valence-corrected chi connectivity index (χ0v) is 15.3. The molecule has 0 spiro atoms. The number of hydrogen-bond donors (Lipinski definition) is 0. The molecule has 0 aliphatic carbocycles. The SMILES string of the molecule is CC(N=Cc1cccc(C=NC(C)c2ccccc2)c1)c1ccccc1. The van der Waals surface area contributed by atoms with Gasteiger partial charge in [-0.25, -0.2) is 0 Å². The lowest BCUT2D eigenvalue weighted by atomic mass is 10.1. The molecule has 0 radical (unpaired) electrons. The molecule has 3 aromatic carbocycles. The minimum absolute atomic E-state index is 0.145. The molecule has 2 heteroatoms. The van der Waals surface area contributed by atoms with E-state index in [1.807, 2.05) is 54.9 Å². The Bertz CT molecular complexity index is 796. The highest BCUT2D eigenvalue weighted by Gasteiger charge is 2.02. The van der Waals surface area contributed by atoms with E-state index in [1.54, 1.807) is 0 Å². The maximum Gasteiger partial charge on any atom is 0.0721 e. The molecule has 0 amide bonds. The van der Waals surface area contributed by atoms with E-state index in [0.717, 1.165) is 11.1 Å². The predicted molar refractivity (Wildman–Crippen MR) is 111 cm³/mol. The molecule has 26 heavy (non-hydrogen) atoms. The third kappa shape index (κ3) is 5.00. The molecule has 3 rings (SSSR count). The third-order valence-electron chi connectivity index (χ3n) is 4.37. The Hall–Kier alpha value is -3.00. The lowest BCUT2D eigenvalue weighted by molar-refractivity contribution is 0.825. The van der Waals surface area contributed by atoms with Crippen LogP contribution in [-0.4, -0.2) is 12.4 Å². The molecule has 2 nitrogen and oxygen atoms in total. The third-order valence-corrected chi connectivity index (χ3v) is 4.37. The fourth-order valence-electron chi connectivity index (χ4n) is 2.75. The van der Waals surface area contributed by atoms with E-state index < -0.39 is 0 Å². The monoisotopic (exact) mass is 340 g/mol. The van der Waals surface area contributed by atoms with Gasteiger partial charge >= 0.3 is 0 Å². The van der Waals surface area contributed by atoms with Gasteiger partial charge in [0.2, 0.25) is 0 Å². The van der Waals surface area contributed by atoms with Crippen LogP contribution in [0.15, 0.2) is 94.9 Å². The first-order chi connectivity index (χ1) is 12.7. The molecule has 2 unspecified atom stereocenters. The van der Waals surface area contributed by atoms with Gasteiger partial charge in [-0.2, -0.15) is 0 Å². The molecule has 0 heterocycles. The normalized spacial score (nSPS) is 13.9. The van der Waals surface area contributed by atoms with Crippen LogP contribution < -0.4 is 0 Å². The summed E-state index contributed by atoms with van der Waals surface area (Å²) in [6.45, 7) is 4.22. The Balaban J connectivity index is 1.68. The van der Waals surface area contributed by atoms with Gasteiger partial charge in [-0.1, -0.05) is 78.9 Å². The molecule has 130 valence electrons. The summed E-state index contributed by atoms with van der Waals surface area (Å²) >= 11 is 0. The second-order valence-corrected chi connectivity index (χ2v) is 6.40. The van der Waals surface area contributed by atoms with Crippen molar-refractivity contribution >= 4 is 12.4 Å². The van der Waals surface area contributed by atoms with E-state index in [1.165, 1.54) is 11.1 Å². The largest absolute Gasteiger partial charge is 0.285 e. The Morgan fingerprint density at radius 1 is 0.577 bits per heavy atom. The maximum absolute atomic E-state index is 4.68. The molecule has 0 aliphatic heterocycles. The Morgan fingerprint density at radius 2 is 1.00 bits per heavy atom. The van der Waals surface area contributed by atoms with Gasteiger partial charge in [-0.15, -0.1) is 0 Å². The van der Waals surface area contributed by atoms with Gasteiger partial charge in [0.15, 0.2) is 0 Å². The molecule has 2 atom stereocenters. The lowest BCUT2D eigenvalue weighted by Crippen LogP contribution is -1.93. The zero-order valence-electron chi connectivity index (χ0n) is 15.3. The van der Waals surface area contributed by atoms with E-state index in [0.29, 0.717) is 0 Å². The molecule has 3 aromatic rings. The Labute approximate surface area is 156 Å². The van der Waals surface area contributed by atoms with Gasteiger partial charge in [0.1, 0.15) is 0 Å². The fraction of sp³-hybridized carbons (Fsp3) is 0.167. The van der Waals surface area contributed by atoms with E-state index in [9.17, 15) is 0 Å². The van der Waals surface area contributed by atoms with Crippen LogP contribution in [0, 0.1) is 0 Å². The molecule has 0 fully saturated rings. The standard InChI is InChI=1S/C24H24N2/c1-19(23-12-5-3-6-13-23)25-17-21-10-9-11-22(16-21)18-26-20(2)24-14-7-4-8-15-24/h3-20H,1-2H3. The average molecular weight is 340 g/mol. The summed E-state index contributed by atoms with van der Waals surface area (Å²) in [4.78, 5) is 9.36. The van der Waals surface area contributed by atoms with Crippen LogP contribution in [0.3, 0.4) is 0 Å². The minimum Gasteiger partial charge on any atom is -0.285 e. The van der Waals surface area contributed by atoms with Crippen molar-refractivity contribution in [2.24, 2.45) is 9.98 Å². The summed E-state index contributed by atoms with van der Waals surface area (Å²) in [7, 11) is 0. The second kappa shape index (κ2) is 8.91. The molecule has 0 aromatic heterocycles. The molecular weight excluding hydrogens is 316 g/mol. The van der Waals surface area contributed by atoms with Crippen LogP contribution in [-0.2, 0) is 0 Å². The van der Waals surface area contributed by atoms with Crippen LogP contribution in [0.25, 0.3) is 0 Å². The van der Waals surface area contributed by atoms with Crippen molar-refractivity contribution in [1.82, 2.24) is 0 Å². The molecule has 0 saturated carbocycles. The lowest BCUT2D eigenvalue weighted by Gasteiger charge is -2.06. The van der Waals surface area contributed by atoms with Gasteiger partial charge in [0, 0.05) is 12.4 Å². The number of nitrogens with zero attached hydrogens (tertiary/aromatic N) is 2. The summed E-state index contributed by atoms with van der Waals surface area (Å²) in [5.41, 5.74) is 4.62. The second-order valence-electron chi connectivity index (χ2n) is 6.40. The van der Waals surface area contributed by atoms with Gasteiger partial charge < -0.3 is 0 Å². The highest BCUT2D eigenvalue weighted by Crippen LogP contribution is 2.17. The van der Waals surface area contributed by atoms with Crippen molar-refractivity contribution in [1.29, 1.82) is 0 Å². The Morgan fingerprint density at radius 3 is 1.42 bits per heavy atom. The minimum atomic E-state index is 0.145. The van der Waals surface area contributed by atoms with E-state index in [2.05, 4.69) is 66.3 Å². The van der Waals surface area contributed by atoms with Crippen molar-refractivity contribution in [3.63, 3.8) is 0 Å². The smallest absolute Gasteiger partial charge is 0.0721 e. The topological polar surface area (TPSA) is 24.7 Å². The number of rotatable bonds is 6. The van der Waals surface area contributed by atoms with Crippen molar-refractivity contribution in [3.8, 4) is 0 Å². The van der Waals surface area contributed by atoms with Crippen molar-refractivity contribution < 1.29 is 0 Å². The van der Waals surface area contributed by atoms with Gasteiger partial charge in [-0.3, -0.25) is 9.98 Å². The highest BCUT2D eigenvalue weighted by molar-refractivity contribution is 5.86. The first-order valence-electron chi connectivity index (χ1n) is 8.98. The summed E-state index contributed by atoms with van der Waals surface area (Å²) in [6.07, 6.45) is 3.88. The average Bonchev–Trinajstić information content (AvgIpc) is 2.72. The summed E-state index contributed by atoms with van der Waals surface area (Å²) < 4.78 is 0. The van der Waals surface area contributed by atoms with E-state index in [-0.39, 0.29) is 12.1 Å². The van der Waals surface area contributed by atoms with E-state index >= 15 is 0 Å². The molecule has 0 N–H and O–H groups in total. The zero-order chi connectivity index (χ0) is 18.2. The fourth-order valence-corrected chi connectivity index (χ4v) is 2.75. The summed E-state index contributed by atoms with van der Waals surface area (Å²) in [5, 5.41) is 0.